The Morgan fingerprint density at radius 1 is 1.17 bits per heavy atom. The van der Waals surface area contributed by atoms with Gasteiger partial charge in [0, 0.05) is 32.2 Å². The van der Waals surface area contributed by atoms with E-state index in [-0.39, 0.29) is 11.9 Å². The third kappa shape index (κ3) is 4.34. The van der Waals surface area contributed by atoms with Gasteiger partial charge in [0.05, 0.1) is 0 Å². The first-order chi connectivity index (χ1) is 11.2. The minimum atomic E-state index is -0.0443. The van der Waals surface area contributed by atoms with Gasteiger partial charge < -0.3 is 10.6 Å². The highest BCUT2D eigenvalue weighted by molar-refractivity contribution is 5.87. The van der Waals surface area contributed by atoms with Crippen LogP contribution in [0.5, 0.6) is 0 Å². The lowest BCUT2D eigenvalue weighted by Gasteiger charge is -2.40. The summed E-state index contributed by atoms with van der Waals surface area (Å²) in [5, 5.41) is 8.85. The van der Waals surface area contributed by atoms with E-state index in [1.165, 1.54) is 44.7 Å². The number of nitrogens with one attached hydrogen (secondary N) is 3. The summed E-state index contributed by atoms with van der Waals surface area (Å²) in [6.07, 6.45) is 9.21. The molecule has 0 aromatic rings. The molecule has 2 heterocycles. The molecule has 130 valence electrons. The van der Waals surface area contributed by atoms with Gasteiger partial charge >= 0.3 is 0 Å². The van der Waals surface area contributed by atoms with Crippen molar-refractivity contribution in [2.75, 3.05) is 26.7 Å². The monoisotopic (exact) mass is 320 g/mol. The van der Waals surface area contributed by atoms with Crippen LogP contribution in [0.25, 0.3) is 0 Å². The van der Waals surface area contributed by atoms with Crippen LogP contribution < -0.4 is 16.1 Å². The van der Waals surface area contributed by atoms with Crippen molar-refractivity contribution >= 4 is 5.91 Å². The zero-order chi connectivity index (χ0) is 16.2. The molecule has 3 rings (SSSR count). The molecule has 3 fully saturated rings. The van der Waals surface area contributed by atoms with Gasteiger partial charge in [0.25, 0.3) is 0 Å². The summed E-state index contributed by atoms with van der Waals surface area (Å²) < 4.78 is 0. The third-order valence-electron chi connectivity index (χ3n) is 6.07. The smallest absolute Gasteiger partial charge is 0.243 e. The second-order valence-electron chi connectivity index (χ2n) is 7.70. The number of amides is 1. The van der Waals surface area contributed by atoms with E-state index in [2.05, 4.69) is 34.7 Å². The van der Waals surface area contributed by atoms with Crippen molar-refractivity contribution < 1.29 is 4.79 Å². The molecule has 23 heavy (non-hydrogen) atoms. The van der Waals surface area contributed by atoms with Crippen LogP contribution in [0.2, 0.25) is 0 Å². The van der Waals surface area contributed by atoms with E-state index in [0.717, 1.165) is 31.3 Å². The van der Waals surface area contributed by atoms with Gasteiger partial charge in [-0.25, -0.2) is 5.01 Å². The maximum atomic E-state index is 11.5. The summed E-state index contributed by atoms with van der Waals surface area (Å²) in [4.78, 5) is 11.5. The molecule has 1 saturated carbocycles. The van der Waals surface area contributed by atoms with Crippen LogP contribution in [0.15, 0.2) is 12.7 Å². The van der Waals surface area contributed by atoms with Gasteiger partial charge in [-0.2, -0.15) is 0 Å². The highest BCUT2D eigenvalue weighted by Gasteiger charge is 2.36. The minimum Gasteiger partial charge on any atom is -0.349 e. The largest absolute Gasteiger partial charge is 0.349 e. The number of hydrogen-bond donors (Lipinski definition) is 3. The Bertz CT molecular complexity index is 427. The normalized spacial score (nSPS) is 39.1. The molecule has 3 aliphatic rings. The Labute approximate surface area is 140 Å². The minimum absolute atomic E-state index is 0.0443. The van der Waals surface area contributed by atoms with E-state index < -0.39 is 0 Å². The fraction of sp³-hybridized carbons (Fsp3) is 0.833. The van der Waals surface area contributed by atoms with E-state index in [1.807, 2.05) is 0 Å². The number of carbonyl (C=O) groups excluding carboxylic acids is 1. The number of hydrazine groups is 1. The third-order valence-corrected chi connectivity index (χ3v) is 6.07. The lowest BCUT2D eigenvalue weighted by Crippen LogP contribution is -2.50. The maximum absolute atomic E-state index is 11.5. The predicted molar refractivity (Wildman–Crippen MR) is 92.7 cm³/mol. The van der Waals surface area contributed by atoms with Crippen LogP contribution in [0, 0.1) is 17.8 Å². The van der Waals surface area contributed by atoms with Gasteiger partial charge in [0.15, 0.2) is 0 Å². The van der Waals surface area contributed by atoms with E-state index >= 15 is 0 Å². The molecule has 5 heteroatoms. The molecule has 5 nitrogen and oxygen atoms in total. The van der Waals surface area contributed by atoms with Gasteiger partial charge in [-0.05, 0) is 56.1 Å². The topological polar surface area (TPSA) is 56.4 Å². The van der Waals surface area contributed by atoms with E-state index in [1.54, 1.807) is 0 Å². The molecule has 2 saturated heterocycles. The molecule has 5 atom stereocenters. The second kappa shape index (κ2) is 7.77. The molecule has 1 amide bonds. The molecule has 0 radical (unpaired) electrons. The van der Waals surface area contributed by atoms with E-state index in [0.29, 0.717) is 12.0 Å². The average Bonchev–Trinajstić information content (AvgIpc) is 3.02. The summed E-state index contributed by atoms with van der Waals surface area (Å²) in [7, 11) is 2.15. The SMILES string of the molecule is C=CC(=O)NC1CNCC(C2CCCC(C3CCN(C)N3)C2)C1. The highest BCUT2D eigenvalue weighted by atomic mass is 16.1. The van der Waals surface area contributed by atoms with Crippen LogP contribution >= 0.6 is 0 Å². The van der Waals surface area contributed by atoms with Crippen molar-refractivity contribution in [2.45, 2.75) is 50.6 Å². The summed E-state index contributed by atoms with van der Waals surface area (Å²) in [6, 6.07) is 0.936. The van der Waals surface area contributed by atoms with Crippen molar-refractivity contribution in [3.05, 3.63) is 12.7 Å². The number of nitrogens with zero attached hydrogens (tertiary/aromatic N) is 1. The van der Waals surface area contributed by atoms with Crippen molar-refractivity contribution in [1.82, 2.24) is 21.1 Å². The fourth-order valence-electron chi connectivity index (χ4n) is 4.85. The lowest BCUT2D eigenvalue weighted by atomic mass is 9.70. The lowest BCUT2D eigenvalue weighted by molar-refractivity contribution is -0.117. The van der Waals surface area contributed by atoms with Crippen molar-refractivity contribution in [2.24, 2.45) is 17.8 Å². The molecule has 0 aromatic carbocycles. The molecule has 0 aromatic heterocycles. The fourth-order valence-corrected chi connectivity index (χ4v) is 4.85. The second-order valence-corrected chi connectivity index (χ2v) is 7.70. The standard InChI is InChI=1S/C18H32N4O/c1-3-18(23)20-16-10-15(11-19-12-16)13-5-4-6-14(9-13)17-7-8-22(2)21-17/h3,13-17,19,21H,1,4-12H2,2H3,(H,20,23). The summed E-state index contributed by atoms with van der Waals surface area (Å²) in [6.45, 7) is 6.72. The average molecular weight is 320 g/mol. The Morgan fingerprint density at radius 2 is 2.00 bits per heavy atom. The van der Waals surface area contributed by atoms with Crippen LogP contribution in [0.4, 0.5) is 0 Å². The predicted octanol–water partition coefficient (Wildman–Crippen LogP) is 1.28. The Kier molecular flexibility index (Phi) is 5.72. The number of carbonyl (C=O) groups is 1. The molecule has 0 spiro atoms. The Hall–Kier alpha value is -0.910. The van der Waals surface area contributed by atoms with Crippen LogP contribution in [0.3, 0.4) is 0 Å². The Morgan fingerprint density at radius 3 is 2.74 bits per heavy atom. The zero-order valence-electron chi connectivity index (χ0n) is 14.4. The van der Waals surface area contributed by atoms with Crippen LogP contribution in [-0.4, -0.2) is 49.7 Å². The summed E-state index contributed by atoms with van der Waals surface area (Å²) in [5.74, 6) is 2.28. The van der Waals surface area contributed by atoms with E-state index in [9.17, 15) is 4.79 Å². The molecular weight excluding hydrogens is 288 g/mol. The van der Waals surface area contributed by atoms with Crippen molar-refractivity contribution in [3.63, 3.8) is 0 Å². The van der Waals surface area contributed by atoms with Crippen LogP contribution in [-0.2, 0) is 4.79 Å². The quantitative estimate of drug-likeness (QED) is 0.683. The summed E-state index contributed by atoms with van der Waals surface area (Å²) >= 11 is 0. The van der Waals surface area contributed by atoms with Gasteiger partial charge in [-0.15, -0.1) is 0 Å². The molecule has 0 bridgehead atoms. The Balaban J connectivity index is 1.53. The van der Waals surface area contributed by atoms with Crippen LogP contribution in [0.1, 0.15) is 38.5 Å². The van der Waals surface area contributed by atoms with Crippen molar-refractivity contribution in [3.8, 4) is 0 Å². The first-order valence-corrected chi connectivity index (χ1v) is 9.26. The number of hydrogen-bond acceptors (Lipinski definition) is 4. The van der Waals surface area contributed by atoms with Crippen molar-refractivity contribution in [1.29, 1.82) is 0 Å². The van der Waals surface area contributed by atoms with E-state index in [4.69, 9.17) is 0 Å². The highest BCUT2D eigenvalue weighted by Crippen LogP contribution is 2.39. The number of rotatable bonds is 4. The number of piperidine rings is 1. The zero-order valence-corrected chi connectivity index (χ0v) is 14.4. The maximum Gasteiger partial charge on any atom is 0.243 e. The van der Waals surface area contributed by atoms with Gasteiger partial charge in [-0.1, -0.05) is 19.4 Å². The first kappa shape index (κ1) is 16.9. The molecular formula is C18H32N4O. The van der Waals surface area contributed by atoms with Gasteiger partial charge in [-0.3, -0.25) is 10.2 Å². The first-order valence-electron chi connectivity index (χ1n) is 9.26. The molecule has 5 unspecified atom stereocenters. The van der Waals surface area contributed by atoms with Gasteiger partial charge in [0.1, 0.15) is 0 Å². The summed E-state index contributed by atoms with van der Waals surface area (Å²) in [5.41, 5.74) is 3.64. The van der Waals surface area contributed by atoms with Gasteiger partial charge in [0.2, 0.25) is 5.91 Å². The molecule has 3 N–H and O–H groups in total. The molecule has 1 aliphatic carbocycles. The molecule has 2 aliphatic heterocycles.